The molecule has 0 N–H and O–H groups in total. The molecule has 2 rings (SSSR count). The second kappa shape index (κ2) is 6.47. The van der Waals surface area contributed by atoms with Crippen molar-refractivity contribution in [1.29, 1.82) is 0 Å². The first-order valence-electron chi connectivity index (χ1n) is 5.87. The molecule has 1 heterocycles. The van der Waals surface area contributed by atoms with Gasteiger partial charge >= 0.3 is 0 Å². The minimum atomic E-state index is 0.129. The van der Waals surface area contributed by atoms with Crippen LogP contribution >= 0.6 is 39.1 Å². The van der Waals surface area contributed by atoms with E-state index < -0.39 is 0 Å². The van der Waals surface area contributed by atoms with Gasteiger partial charge in [-0.25, -0.2) is 0 Å². The fourth-order valence-corrected chi connectivity index (χ4v) is 3.00. The lowest BCUT2D eigenvalue weighted by atomic mass is 9.83. The average Bonchev–Trinajstić information content (AvgIpc) is 2.41. The van der Waals surface area contributed by atoms with Crippen molar-refractivity contribution >= 4 is 39.1 Å². The van der Waals surface area contributed by atoms with Gasteiger partial charge in [-0.3, -0.25) is 0 Å². The van der Waals surface area contributed by atoms with Crippen molar-refractivity contribution in [3.8, 4) is 5.75 Å². The maximum absolute atomic E-state index is 6.08. The second-order valence-corrected chi connectivity index (χ2v) is 6.01. The zero-order chi connectivity index (χ0) is 13.0. The Bertz CT molecular complexity index is 406. The molecule has 0 saturated carbocycles. The summed E-state index contributed by atoms with van der Waals surface area (Å²) in [5.41, 5.74) is 0.129. The largest absolute Gasteiger partial charge is 0.491 e. The van der Waals surface area contributed by atoms with Crippen molar-refractivity contribution in [2.75, 3.05) is 25.2 Å². The third kappa shape index (κ3) is 3.53. The molecule has 0 aliphatic carbocycles. The van der Waals surface area contributed by atoms with Crippen molar-refractivity contribution in [2.45, 2.75) is 12.8 Å². The third-order valence-electron chi connectivity index (χ3n) is 3.26. The summed E-state index contributed by atoms with van der Waals surface area (Å²) < 4.78 is 11.2. The molecule has 0 unspecified atom stereocenters. The highest BCUT2D eigenvalue weighted by Crippen LogP contribution is 2.35. The summed E-state index contributed by atoms with van der Waals surface area (Å²) in [5, 5.41) is 2.13. The summed E-state index contributed by atoms with van der Waals surface area (Å²) in [6.07, 6.45) is 1.99. The molecule has 1 aromatic rings. The molecular weight excluding hydrogens is 339 g/mol. The maximum Gasteiger partial charge on any atom is 0.139 e. The van der Waals surface area contributed by atoms with E-state index in [1.54, 1.807) is 18.2 Å². The van der Waals surface area contributed by atoms with E-state index in [1.807, 2.05) is 0 Å². The van der Waals surface area contributed by atoms with E-state index >= 15 is 0 Å². The molecule has 0 atom stereocenters. The highest BCUT2D eigenvalue weighted by atomic mass is 79.9. The van der Waals surface area contributed by atoms with Crippen molar-refractivity contribution < 1.29 is 9.47 Å². The van der Waals surface area contributed by atoms with Gasteiger partial charge in [-0.15, -0.1) is 0 Å². The lowest BCUT2D eigenvalue weighted by molar-refractivity contribution is 0.00357. The summed E-state index contributed by atoms with van der Waals surface area (Å²) in [6.45, 7) is 2.21. The molecule has 0 bridgehead atoms. The smallest absolute Gasteiger partial charge is 0.139 e. The number of hydrogen-bond donors (Lipinski definition) is 0. The number of alkyl halides is 1. The van der Waals surface area contributed by atoms with Crippen molar-refractivity contribution in [2.24, 2.45) is 5.41 Å². The summed E-state index contributed by atoms with van der Waals surface area (Å²) >= 11 is 15.6. The zero-order valence-corrected chi connectivity index (χ0v) is 13.0. The van der Waals surface area contributed by atoms with Gasteiger partial charge in [0.15, 0.2) is 0 Å². The van der Waals surface area contributed by atoms with Gasteiger partial charge in [-0.1, -0.05) is 39.1 Å². The second-order valence-electron chi connectivity index (χ2n) is 4.61. The Balaban J connectivity index is 2.03. The normalized spacial score (nSPS) is 18.6. The summed E-state index contributed by atoms with van der Waals surface area (Å²) in [4.78, 5) is 0. The van der Waals surface area contributed by atoms with Gasteiger partial charge in [0.2, 0.25) is 0 Å². The van der Waals surface area contributed by atoms with E-state index in [2.05, 4.69) is 15.9 Å². The first kappa shape index (κ1) is 14.4. The van der Waals surface area contributed by atoms with E-state index in [1.165, 1.54) is 0 Å². The van der Waals surface area contributed by atoms with Gasteiger partial charge in [0.25, 0.3) is 0 Å². The Kier molecular flexibility index (Phi) is 5.19. The molecule has 2 nitrogen and oxygen atoms in total. The van der Waals surface area contributed by atoms with Crippen LogP contribution in [0, 0.1) is 5.41 Å². The fourth-order valence-electron chi connectivity index (χ4n) is 1.94. The van der Waals surface area contributed by atoms with Crippen LogP contribution in [-0.2, 0) is 4.74 Å². The predicted octanol–water partition coefficient (Wildman–Crippen LogP) is 4.56. The van der Waals surface area contributed by atoms with Gasteiger partial charge in [0.1, 0.15) is 5.75 Å². The Morgan fingerprint density at radius 1 is 1.28 bits per heavy atom. The number of ether oxygens (including phenoxy) is 2. The molecule has 1 fully saturated rings. The first-order chi connectivity index (χ1) is 8.65. The zero-order valence-electron chi connectivity index (χ0n) is 9.93. The van der Waals surface area contributed by atoms with E-state index in [9.17, 15) is 0 Å². The van der Waals surface area contributed by atoms with Crippen LogP contribution in [0.5, 0.6) is 5.75 Å². The number of hydrogen-bond acceptors (Lipinski definition) is 2. The van der Waals surface area contributed by atoms with Crippen molar-refractivity contribution in [1.82, 2.24) is 0 Å². The first-order valence-corrected chi connectivity index (χ1v) is 7.75. The van der Waals surface area contributed by atoms with Crippen molar-refractivity contribution in [3.63, 3.8) is 0 Å². The monoisotopic (exact) mass is 352 g/mol. The van der Waals surface area contributed by atoms with Crippen LogP contribution in [0.25, 0.3) is 0 Å². The standard InChI is InChI=1S/C13H15BrCl2O2/c14-8-13(3-5-17-6-4-13)9-18-12-7-10(15)1-2-11(12)16/h1-2,7H,3-6,8-9H2. The Morgan fingerprint density at radius 3 is 2.67 bits per heavy atom. The van der Waals surface area contributed by atoms with Crippen LogP contribution in [0.15, 0.2) is 18.2 Å². The van der Waals surface area contributed by atoms with E-state index in [-0.39, 0.29) is 5.41 Å². The van der Waals surface area contributed by atoms with Gasteiger partial charge in [-0.05, 0) is 25.0 Å². The average molecular weight is 354 g/mol. The Morgan fingerprint density at radius 2 is 2.00 bits per heavy atom. The predicted molar refractivity (Wildman–Crippen MR) is 78.2 cm³/mol. The number of halogens is 3. The van der Waals surface area contributed by atoms with Crippen LogP contribution < -0.4 is 4.74 Å². The number of rotatable bonds is 4. The maximum atomic E-state index is 6.08. The van der Waals surface area contributed by atoms with Gasteiger partial charge in [0.05, 0.1) is 11.6 Å². The van der Waals surface area contributed by atoms with Crippen LogP contribution in [0.2, 0.25) is 10.0 Å². The fraction of sp³-hybridized carbons (Fsp3) is 0.538. The Labute approximate surface area is 126 Å². The molecule has 0 radical (unpaired) electrons. The van der Waals surface area contributed by atoms with Crippen LogP contribution in [-0.4, -0.2) is 25.2 Å². The minimum absolute atomic E-state index is 0.129. The molecule has 18 heavy (non-hydrogen) atoms. The van der Waals surface area contributed by atoms with E-state index in [0.717, 1.165) is 31.4 Å². The summed E-state index contributed by atoms with van der Waals surface area (Å²) in [5.74, 6) is 0.649. The molecule has 1 aromatic carbocycles. The highest BCUT2D eigenvalue weighted by molar-refractivity contribution is 9.09. The summed E-state index contributed by atoms with van der Waals surface area (Å²) in [7, 11) is 0. The molecule has 0 amide bonds. The van der Waals surface area contributed by atoms with Crippen LogP contribution in [0.4, 0.5) is 0 Å². The van der Waals surface area contributed by atoms with Gasteiger partial charge in [-0.2, -0.15) is 0 Å². The molecule has 0 aromatic heterocycles. The summed E-state index contributed by atoms with van der Waals surface area (Å²) in [6, 6.07) is 5.26. The quantitative estimate of drug-likeness (QED) is 0.738. The molecule has 5 heteroatoms. The lowest BCUT2D eigenvalue weighted by Crippen LogP contribution is -2.36. The number of benzene rings is 1. The molecule has 100 valence electrons. The van der Waals surface area contributed by atoms with Crippen molar-refractivity contribution in [3.05, 3.63) is 28.2 Å². The van der Waals surface area contributed by atoms with E-state index in [0.29, 0.717) is 22.4 Å². The molecule has 1 saturated heterocycles. The lowest BCUT2D eigenvalue weighted by Gasteiger charge is -2.35. The van der Waals surface area contributed by atoms with Crippen LogP contribution in [0.1, 0.15) is 12.8 Å². The van der Waals surface area contributed by atoms with Crippen LogP contribution in [0.3, 0.4) is 0 Å². The molecule has 1 aliphatic rings. The SMILES string of the molecule is Clc1ccc(Cl)c(OCC2(CBr)CCOCC2)c1. The topological polar surface area (TPSA) is 18.5 Å². The van der Waals surface area contributed by atoms with Gasteiger partial charge < -0.3 is 9.47 Å². The highest BCUT2D eigenvalue weighted by Gasteiger charge is 2.32. The third-order valence-corrected chi connectivity index (χ3v) is 5.00. The minimum Gasteiger partial charge on any atom is -0.491 e. The molecule has 0 spiro atoms. The van der Waals surface area contributed by atoms with Gasteiger partial charge in [0, 0.05) is 35.0 Å². The Hall–Kier alpha value is 0.0400. The molecule has 1 aliphatic heterocycles. The molecular formula is C13H15BrCl2O2. The van der Waals surface area contributed by atoms with E-state index in [4.69, 9.17) is 32.7 Å².